The molecule has 1 saturated heterocycles. The van der Waals surface area contributed by atoms with Crippen molar-refractivity contribution in [2.45, 2.75) is 43.9 Å². The van der Waals surface area contributed by atoms with Crippen molar-refractivity contribution in [3.8, 4) is 0 Å². The van der Waals surface area contributed by atoms with E-state index in [2.05, 4.69) is 34.7 Å². The lowest BCUT2D eigenvalue weighted by atomic mass is 9.83. The zero-order valence-corrected chi connectivity index (χ0v) is 12.2. The molecule has 2 aromatic rings. The van der Waals surface area contributed by atoms with Gasteiger partial charge in [0.1, 0.15) is 0 Å². The highest BCUT2D eigenvalue weighted by Gasteiger charge is 2.28. The number of nitrogens with one attached hydrogen (secondary N) is 1. The molecule has 4 rings (SSSR count). The molecule has 110 valence electrons. The Balaban J connectivity index is 1.61. The maximum absolute atomic E-state index is 5.63. The van der Waals surface area contributed by atoms with Crippen molar-refractivity contribution in [1.82, 2.24) is 15.5 Å². The van der Waals surface area contributed by atoms with Crippen molar-refractivity contribution in [2.24, 2.45) is 0 Å². The summed E-state index contributed by atoms with van der Waals surface area (Å²) in [5, 5.41) is 7.68. The van der Waals surface area contributed by atoms with Gasteiger partial charge >= 0.3 is 0 Å². The standard InChI is InChI=1S/C17H21N3O/c1-2-8-14-12(5-1)6-3-9-15(14)17-19-16(20-21-17)13-7-4-10-18-11-13/h1-2,5,8,13,15,18H,3-4,6-7,9-11H2. The lowest BCUT2D eigenvalue weighted by Crippen LogP contribution is -2.28. The van der Waals surface area contributed by atoms with Gasteiger partial charge in [0, 0.05) is 12.5 Å². The quantitative estimate of drug-likeness (QED) is 0.920. The smallest absolute Gasteiger partial charge is 0.234 e. The Bertz CT molecular complexity index is 616. The summed E-state index contributed by atoms with van der Waals surface area (Å²) < 4.78 is 5.63. The van der Waals surface area contributed by atoms with E-state index in [1.165, 1.54) is 30.4 Å². The van der Waals surface area contributed by atoms with Crippen LogP contribution in [0.25, 0.3) is 0 Å². The van der Waals surface area contributed by atoms with Crippen LogP contribution in [0, 0.1) is 0 Å². The zero-order chi connectivity index (χ0) is 14.1. The van der Waals surface area contributed by atoms with Crippen LogP contribution < -0.4 is 5.32 Å². The van der Waals surface area contributed by atoms with Crippen LogP contribution in [0.3, 0.4) is 0 Å². The second-order valence-electron chi connectivity index (χ2n) is 6.18. The third-order valence-corrected chi connectivity index (χ3v) is 4.79. The summed E-state index contributed by atoms with van der Waals surface area (Å²) in [6, 6.07) is 8.67. The van der Waals surface area contributed by atoms with E-state index in [1.54, 1.807) is 0 Å². The van der Waals surface area contributed by atoms with Gasteiger partial charge < -0.3 is 9.84 Å². The molecule has 0 amide bonds. The second-order valence-corrected chi connectivity index (χ2v) is 6.18. The molecule has 2 unspecified atom stereocenters. The lowest BCUT2D eigenvalue weighted by molar-refractivity contribution is 0.343. The van der Waals surface area contributed by atoms with Crippen molar-refractivity contribution in [3.63, 3.8) is 0 Å². The fourth-order valence-corrected chi connectivity index (χ4v) is 3.64. The number of aromatic nitrogens is 2. The Morgan fingerprint density at radius 2 is 2.10 bits per heavy atom. The molecule has 0 radical (unpaired) electrons. The van der Waals surface area contributed by atoms with E-state index in [-0.39, 0.29) is 5.92 Å². The van der Waals surface area contributed by atoms with Gasteiger partial charge in [0.05, 0.1) is 5.92 Å². The third kappa shape index (κ3) is 2.48. The van der Waals surface area contributed by atoms with Crippen LogP contribution >= 0.6 is 0 Å². The van der Waals surface area contributed by atoms with E-state index >= 15 is 0 Å². The van der Waals surface area contributed by atoms with Gasteiger partial charge in [-0.2, -0.15) is 4.98 Å². The molecule has 0 saturated carbocycles. The average Bonchev–Trinajstić information content (AvgIpc) is 3.05. The molecular formula is C17H21N3O. The van der Waals surface area contributed by atoms with E-state index in [0.717, 1.165) is 37.6 Å². The molecule has 1 fully saturated rings. The first kappa shape index (κ1) is 13.0. The summed E-state index contributed by atoms with van der Waals surface area (Å²) in [6.07, 6.45) is 5.83. The number of hydrogen-bond acceptors (Lipinski definition) is 4. The molecule has 0 spiro atoms. The Kier molecular flexibility index (Phi) is 3.47. The van der Waals surface area contributed by atoms with Gasteiger partial charge in [-0.1, -0.05) is 29.4 Å². The number of hydrogen-bond donors (Lipinski definition) is 1. The van der Waals surface area contributed by atoms with Crippen LogP contribution in [0.5, 0.6) is 0 Å². The van der Waals surface area contributed by atoms with Crippen molar-refractivity contribution < 1.29 is 4.52 Å². The zero-order valence-electron chi connectivity index (χ0n) is 12.2. The SMILES string of the molecule is c1ccc2c(c1)CCCC2c1nc(C2CCCNC2)no1. The second kappa shape index (κ2) is 5.60. The highest BCUT2D eigenvalue weighted by atomic mass is 16.5. The van der Waals surface area contributed by atoms with Gasteiger partial charge in [0.25, 0.3) is 0 Å². The van der Waals surface area contributed by atoms with E-state index < -0.39 is 0 Å². The maximum Gasteiger partial charge on any atom is 0.234 e. The Morgan fingerprint density at radius 1 is 1.14 bits per heavy atom. The Morgan fingerprint density at radius 3 is 3.00 bits per heavy atom. The van der Waals surface area contributed by atoms with E-state index in [9.17, 15) is 0 Å². The highest BCUT2D eigenvalue weighted by Crippen LogP contribution is 2.36. The van der Waals surface area contributed by atoms with Crippen LogP contribution in [0.15, 0.2) is 28.8 Å². The summed E-state index contributed by atoms with van der Waals surface area (Å²) in [6.45, 7) is 2.08. The van der Waals surface area contributed by atoms with Gasteiger partial charge in [-0.25, -0.2) is 0 Å². The fourth-order valence-electron chi connectivity index (χ4n) is 3.64. The molecule has 1 aromatic carbocycles. The summed E-state index contributed by atoms with van der Waals surface area (Å²) in [4.78, 5) is 4.74. The van der Waals surface area contributed by atoms with Crippen LogP contribution in [-0.2, 0) is 6.42 Å². The minimum absolute atomic E-state index is 0.285. The maximum atomic E-state index is 5.63. The Hall–Kier alpha value is -1.68. The molecule has 4 nitrogen and oxygen atoms in total. The number of rotatable bonds is 2. The summed E-state index contributed by atoms with van der Waals surface area (Å²) >= 11 is 0. The summed E-state index contributed by atoms with van der Waals surface area (Å²) in [5.41, 5.74) is 2.81. The first-order valence-corrected chi connectivity index (χ1v) is 8.04. The largest absolute Gasteiger partial charge is 0.339 e. The van der Waals surface area contributed by atoms with E-state index in [0.29, 0.717) is 5.92 Å². The highest BCUT2D eigenvalue weighted by molar-refractivity contribution is 5.35. The van der Waals surface area contributed by atoms with Crippen LogP contribution in [-0.4, -0.2) is 23.2 Å². The number of nitrogens with zero attached hydrogens (tertiary/aromatic N) is 2. The molecule has 1 N–H and O–H groups in total. The number of benzene rings is 1. The molecule has 1 aromatic heterocycles. The van der Waals surface area contributed by atoms with Crippen molar-refractivity contribution >= 4 is 0 Å². The molecule has 2 aliphatic rings. The van der Waals surface area contributed by atoms with Gasteiger partial charge in [0.2, 0.25) is 5.89 Å². The predicted molar refractivity (Wildman–Crippen MR) is 80.4 cm³/mol. The summed E-state index contributed by atoms with van der Waals surface area (Å²) in [7, 11) is 0. The third-order valence-electron chi connectivity index (χ3n) is 4.79. The average molecular weight is 283 g/mol. The molecule has 21 heavy (non-hydrogen) atoms. The monoisotopic (exact) mass is 283 g/mol. The van der Waals surface area contributed by atoms with Crippen molar-refractivity contribution in [3.05, 3.63) is 47.1 Å². The van der Waals surface area contributed by atoms with Crippen LogP contribution in [0.1, 0.15) is 60.4 Å². The fraction of sp³-hybridized carbons (Fsp3) is 0.529. The topological polar surface area (TPSA) is 51.0 Å². The Labute approximate surface area is 124 Å². The first-order valence-electron chi connectivity index (χ1n) is 8.04. The van der Waals surface area contributed by atoms with Crippen LogP contribution in [0.4, 0.5) is 0 Å². The van der Waals surface area contributed by atoms with Gasteiger partial charge in [0.15, 0.2) is 5.82 Å². The van der Waals surface area contributed by atoms with Crippen LogP contribution in [0.2, 0.25) is 0 Å². The van der Waals surface area contributed by atoms with Gasteiger partial charge in [-0.05, 0) is 49.8 Å². The minimum atomic E-state index is 0.285. The molecular weight excluding hydrogens is 262 g/mol. The normalized spacial score (nSPS) is 25.5. The van der Waals surface area contributed by atoms with Gasteiger partial charge in [-0.15, -0.1) is 0 Å². The number of aryl methyl sites for hydroxylation is 1. The minimum Gasteiger partial charge on any atom is -0.339 e. The molecule has 0 bridgehead atoms. The van der Waals surface area contributed by atoms with E-state index in [1.807, 2.05) is 0 Å². The molecule has 1 aliphatic heterocycles. The molecule has 4 heteroatoms. The number of piperidine rings is 1. The van der Waals surface area contributed by atoms with Crippen molar-refractivity contribution in [1.29, 1.82) is 0 Å². The molecule has 2 atom stereocenters. The molecule has 2 heterocycles. The summed E-state index contributed by atoms with van der Waals surface area (Å²) in [5.74, 6) is 2.39. The number of fused-ring (bicyclic) bond motifs is 1. The van der Waals surface area contributed by atoms with E-state index in [4.69, 9.17) is 9.51 Å². The molecule has 1 aliphatic carbocycles. The predicted octanol–water partition coefficient (Wildman–Crippen LogP) is 3.00. The van der Waals surface area contributed by atoms with Crippen molar-refractivity contribution in [2.75, 3.05) is 13.1 Å². The van der Waals surface area contributed by atoms with Gasteiger partial charge in [-0.3, -0.25) is 0 Å². The lowest BCUT2D eigenvalue weighted by Gasteiger charge is -2.22. The first-order chi connectivity index (χ1) is 10.4.